The summed E-state index contributed by atoms with van der Waals surface area (Å²) in [5.74, 6) is 5.74. The maximum atomic E-state index is 13.2. The van der Waals surface area contributed by atoms with Crippen LogP contribution in [0.15, 0.2) is 42.5 Å². The topological polar surface area (TPSA) is 52.6 Å². The first-order valence-electron chi connectivity index (χ1n) is 14.0. The minimum Gasteiger partial charge on any atom is -0.494 e. The van der Waals surface area contributed by atoms with Gasteiger partial charge >= 0.3 is 5.92 Å². The van der Waals surface area contributed by atoms with E-state index in [1.165, 1.54) is 0 Å². The van der Waals surface area contributed by atoms with Crippen molar-refractivity contribution in [3.05, 3.63) is 64.7 Å². The van der Waals surface area contributed by atoms with Gasteiger partial charge in [-0.1, -0.05) is 44.0 Å². The van der Waals surface area contributed by atoms with Crippen molar-refractivity contribution in [2.24, 2.45) is 11.8 Å². The minimum absolute atomic E-state index is 0. The number of rotatable bonds is 8. The monoisotopic (exact) mass is 571 g/mol. The first-order chi connectivity index (χ1) is 19.5. The van der Waals surface area contributed by atoms with E-state index in [2.05, 4.69) is 29.6 Å². The average molecular weight is 572 g/mol. The van der Waals surface area contributed by atoms with Gasteiger partial charge in [0.1, 0.15) is 18.3 Å². The maximum absolute atomic E-state index is 13.2. The Bertz CT molecular complexity index is 1210. The van der Waals surface area contributed by atoms with E-state index < -0.39 is 5.92 Å². The molecule has 0 spiro atoms. The van der Waals surface area contributed by atoms with E-state index in [-0.39, 0.29) is 27.8 Å². The first kappa shape index (κ1) is 35.5. The summed E-state index contributed by atoms with van der Waals surface area (Å²) in [7, 11) is 3.25. The van der Waals surface area contributed by atoms with Crippen LogP contribution in [0.5, 0.6) is 5.75 Å². The van der Waals surface area contributed by atoms with Gasteiger partial charge < -0.3 is 14.3 Å². The number of methoxy groups -OCH3 is 1. The van der Waals surface area contributed by atoms with E-state index >= 15 is 0 Å². The summed E-state index contributed by atoms with van der Waals surface area (Å²) in [4.78, 5) is 21.2. The molecule has 0 N–H and O–H groups in total. The predicted octanol–water partition coefficient (Wildman–Crippen LogP) is 8.23. The molecular formula is C35H49F2O4. The zero-order chi connectivity index (χ0) is 31.0. The lowest BCUT2D eigenvalue weighted by Gasteiger charge is -2.27. The Balaban J connectivity index is -0.00000198. The van der Waals surface area contributed by atoms with E-state index in [1.54, 1.807) is 20.3 Å². The molecular weight excluding hydrogens is 522 g/mol. The lowest BCUT2D eigenvalue weighted by molar-refractivity contribution is -0.125. The molecule has 0 heterocycles. The number of hydrogen-bond acceptors (Lipinski definition) is 4. The quantitative estimate of drug-likeness (QED) is 0.300. The van der Waals surface area contributed by atoms with Crippen LogP contribution in [0.1, 0.15) is 91.7 Å². The van der Waals surface area contributed by atoms with Crippen molar-refractivity contribution in [1.82, 2.24) is 0 Å². The van der Waals surface area contributed by atoms with Gasteiger partial charge in [-0.2, -0.15) is 8.78 Å². The molecule has 0 saturated heterocycles. The van der Waals surface area contributed by atoms with Gasteiger partial charge in [-0.05, 0) is 85.8 Å². The summed E-state index contributed by atoms with van der Waals surface area (Å²) in [6.07, 6.45) is 9.86. The SMILES string of the molecule is C#CC1CCC(C(=O)C(C)c2ccc(C(C)Cc3cccc(C#CC(C)(F)F)c3)c(OCC)c2)CC1.C=O.COC.[HH].[HH].[H]. The highest BCUT2D eigenvalue weighted by atomic mass is 19.3. The van der Waals surface area contributed by atoms with Crippen LogP contribution in [0.3, 0.4) is 0 Å². The normalized spacial score (nSPS) is 17.5. The van der Waals surface area contributed by atoms with Gasteiger partial charge in [0.2, 0.25) is 0 Å². The number of Topliss-reactive ketones (excluding diaryl/α,β-unsaturated/α-hetero) is 1. The summed E-state index contributed by atoms with van der Waals surface area (Å²) in [6.45, 7) is 9.37. The second kappa shape index (κ2) is 18.1. The summed E-state index contributed by atoms with van der Waals surface area (Å²) in [5.41, 5.74) is 3.62. The average Bonchev–Trinajstić information content (AvgIpc) is 2.97. The fraction of sp³-hybridized carbons (Fsp3) is 0.486. The Morgan fingerprint density at radius 1 is 1.15 bits per heavy atom. The Hall–Kier alpha value is -3.48. The van der Waals surface area contributed by atoms with Crippen molar-refractivity contribution in [1.29, 1.82) is 0 Å². The van der Waals surface area contributed by atoms with Gasteiger partial charge in [-0.25, -0.2) is 0 Å². The van der Waals surface area contributed by atoms with Crippen LogP contribution < -0.4 is 4.74 Å². The molecule has 0 aliphatic heterocycles. The third-order valence-corrected chi connectivity index (χ3v) is 7.06. The summed E-state index contributed by atoms with van der Waals surface area (Å²) >= 11 is 0. The molecule has 2 atom stereocenters. The van der Waals surface area contributed by atoms with Crippen LogP contribution in [0.25, 0.3) is 0 Å². The van der Waals surface area contributed by atoms with Crippen LogP contribution >= 0.6 is 0 Å². The Morgan fingerprint density at radius 3 is 2.34 bits per heavy atom. The van der Waals surface area contributed by atoms with Crippen molar-refractivity contribution < 1.29 is 32.1 Å². The fourth-order valence-electron chi connectivity index (χ4n) is 4.99. The minimum atomic E-state index is -3.02. The van der Waals surface area contributed by atoms with Gasteiger partial charge in [-0.3, -0.25) is 4.79 Å². The number of carbonyl (C=O) groups is 2. The Kier molecular flexibility index (Phi) is 15.7. The van der Waals surface area contributed by atoms with Crippen LogP contribution in [-0.4, -0.2) is 39.3 Å². The molecule has 4 nitrogen and oxygen atoms in total. The van der Waals surface area contributed by atoms with Gasteiger partial charge in [0.05, 0.1) is 6.61 Å². The van der Waals surface area contributed by atoms with Crippen LogP contribution in [-0.2, 0) is 20.7 Å². The fourth-order valence-corrected chi connectivity index (χ4v) is 4.99. The summed E-state index contributed by atoms with van der Waals surface area (Å²) in [5, 5.41) is 0. The molecule has 41 heavy (non-hydrogen) atoms. The van der Waals surface area contributed by atoms with E-state index in [4.69, 9.17) is 16.0 Å². The highest BCUT2D eigenvalue weighted by Crippen LogP contribution is 2.36. The Morgan fingerprint density at radius 2 is 1.78 bits per heavy atom. The molecule has 227 valence electrons. The number of carbonyl (C=O) groups excluding carboxylic acids is 2. The highest BCUT2D eigenvalue weighted by molar-refractivity contribution is 5.87. The summed E-state index contributed by atoms with van der Waals surface area (Å²) < 4.78 is 36.5. The predicted molar refractivity (Wildman–Crippen MR) is 167 cm³/mol. The molecule has 1 fully saturated rings. The second-order valence-electron chi connectivity index (χ2n) is 10.4. The summed E-state index contributed by atoms with van der Waals surface area (Å²) in [6, 6.07) is 13.5. The molecule has 1 saturated carbocycles. The van der Waals surface area contributed by atoms with Gasteiger partial charge in [0.15, 0.2) is 0 Å². The molecule has 6 heteroatoms. The number of terminal acetylenes is 1. The largest absolute Gasteiger partial charge is 0.494 e. The molecule has 1 aliphatic carbocycles. The molecule has 2 aromatic carbocycles. The molecule has 1 radical (unpaired) electrons. The molecule has 3 rings (SSSR count). The zero-order valence-corrected chi connectivity index (χ0v) is 25.3. The number of alkyl halides is 2. The van der Waals surface area contributed by atoms with Crippen molar-refractivity contribution in [2.45, 2.75) is 77.6 Å². The third kappa shape index (κ3) is 11.9. The number of ketones is 1. The molecule has 2 aromatic rings. The number of benzene rings is 2. The highest BCUT2D eigenvalue weighted by Gasteiger charge is 2.29. The van der Waals surface area contributed by atoms with E-state index in [0.29, 0.717) is 24.5 Å². The first-order valence-corrected chi connectivity index (χ1v) is 14.0. The van der Waals surface area contributed by atoms with E-state index in [0.717, 1.165) is 55.0 Å². The number of hydrogen-bond donors (Lipinski definition) is 0. The zero-order valence-electron chi connectivity index (χ0n) is 26.3. The van der Waals surface area contributed by atoms with Gasteiger partial charge in [0.25, 0.3) is 0 Å². The molecule has 1 aliphatic rings. The van der Waals surface area contributed by atoms with E-state index in [9.17, 15) is 13.6 Å². The van der Waals surface area contributed by atoms with Crippen molar-refractivity contribution in [2.75, 3.05) is 20.8 Å². The van der Waals surface area contributed by atoms with Crippen molar-refractivity contribution in [3.8, 4) is 29.9 Å². The third-order valence-electron chi connectivity index (χ3n) is 7.06. The molecule has 0 bridgehead atoms. The van der Waals surface area contributed by atoms with Gasteiger partial charge in [-0.15, -0.1) is 12.3 Å². The van der Waals surface area contributed by atoms with Crippen molar-refractivity contribution in [3.63, 3.8) is 0 Å². The maximum Gasteiger partial charge on any atom is 0.305 e. The van der Waals surface area contributed by atoms with Crippen LogP contribution in [0.2, 0.25) is 0 Å². The molecule has 0 amide bonds. The lowest BCUT2D eigenvalue weighted by Crippen LogP contribution is -2.25. The number of ether oxygens (including phenoxy) is 2. The molecule has 0 aromatic heterocycles. The standard InChI is InChI=1S/C32H36F2O2.C2H6O.CH2O.2H2.H/c1-6-24-11-13-27(14-12-24)31(35)23(4)28-15-16-29(30(21-28)36-7-2)22(3)19-26-10-8-9-25(20-26)17-18-32(5,33)34;1-3-2;1-2;;;/h1,8-10,15-16,20-24,27H,7,11-14,19H2,2-5H3;1-2H3;1H2;2*1H;. The second-order valence-corrected chi connectivity index (χ2v) is 10.4. The van der Waals surface area contributed by atoms with Crippen LogP contribution in [0.4, 0.5) is 8.78 Å². The van der Waals surface area contributed by atoms with Gasteiger partial charge in [0, 0.05) is 48.7 Å². The number of halogens is 2. The lowest BCUT2D eigenvalue weighted by atomic mass is 9.76. The van der Waals surface area contributed by atoms with Crippen molar-refractivity contribution >= 4 is 12.6 Å². The molecule has 2 unspecified atom stereocenters. The van der Waals surface area contributed by atoms with Crippen LogP contribution in [0, 0.1) is 36.0 Å². The van der Waals surface area contributed by atoms with E-state index in [1.807, 2.05) is 56.9 Å². The smallest absolute Gasteiger partial charge is 0.305 e. The Labute approximate surface area is 249 Å².